The molecule has 3 aliphatic rings. The second-order valence-corrected chi connectivity index (χ2v) is 8.36. The van der Waals surface area contributed by atoms with E-state index in [1.807, 2.05) is 31.3 Å². The van der Waals surface area contributed by atoms with Crippen LogP contribution in [0.2, 0.25) is 0 Å². The molecule has 0 N–H and O–H groups in total. The van der Waals surface area contributed by atoms with Gasteiger partial charge in [0.25, 0.3) is 6.02 Å². The van der Waals surface area contributed by atoms with Crippen LogP contribution in [-0.4, -0.2) is 60.8 Å². The summed E-state index contributed by atoms with van der Waals surface area (Å²) in [5.41, 5.74) is 2.51. The Balaban J connectivity index is 1.50. The summed E-state index contributed by atoms with van der Waals surface area (Å²) in [6.07, 6.45) is 0.299. The van der Waals surface area contributed by atoms with Crippen molar-refractivity contribution in [1.29, 1.82) is 0 Å². The first-order valence-electron chi connectivity index (χ1n) is 10.2. The zero-order chi connectivity index (χ0) is 20.0. The van der Waals surface area contributed by atoms with Gasteiger partial charge in [-0.15, -0.1) is 0 Å². The number of likely N-dealkylation sites (N-methyl/N-ethyl adjacent to an activating group) is 1. The van der Waals surface area contributed by atoms with E-state index < -0.39 is 11.8 Å². The fourth-order valence-corrected chi connectivity index (χ4v) is 4.85. The van der Waals surface area contributed by atoms with Gasteiger partial charge in [-0.25, -0.2) is 13.8 Å². The zero-order valence-electron chi connectivity index (χ0n) is 16.5. The lowest BCUT2D eigenvalue weighted by Crippen LogP contribution is -2.57. The molecule has 1 spiro atoms. The van der Waals surface area contributed by atoms with Crippen LogP contribution >= 0.6 is 0 Å². The number of nitrogens with zero attached hydrogens (tertiary/aromatic N) is 3. The molecule has 0 aliphatic carbocycles. The topological polar surface area (TPSA) is 28.1 Å². The molecule has 1 saturated heterocycles. The fourth-order valence-electron chi connectivity index (χ4n) is 4.85. The summed E-state index contributed by atoms with van der Waals surface area (Å²) >= 11 is 0. The number of piperidine rings is 1. The number of amidine groups is 1. The maximum Gasteiger partial charge on any atom is 0.289 e. The lowest BCUT2D eigenvalue weighted by Gasteiger charge is -2.42. The third-order valence-corrected chi connectivity index (χ3v) is 6.36. The van der Waals surface area contributed by atoms with Gasteiger partial charge in [0.05, 0.1) is 12.6 Å². The number of fused-ring (bicyclic) bond motifs is 1. The lowest BCUT2D eigenvalue weighted by molar-refractivity contribution is -0.0604. The first kappa shape index (κ1) is 18.6. The van der Waals surface area contributed by atoms with E-state index in [4.69, 9.17) is 4.74 Å². The summed E-state index contributed by atoms with van der Waals surface area (Å²) in [6.45, 7) is 2.33. The number of likely N-dealkylation sites (tertiary alicyclic amines) is 1. The Morgan fingerprint density at radius 1 is 1.10 bits per heavy atom. The van der Waals surface area contributed by atoms with Crippen LogP contribution in [0.25, 0.3) is 0 Å². The van der Waals surface area contributed by atoms with E-state index in [1.54, 1.807) is 0 Å². The van der Waals surface area contributed by atoms with Crippen LogP contribution < -0.4 is 0 Å². The second kappa shape index (κ2) is 7.10. The van der Waals surface area contributed by atoms with Crippen molar-refractivity contribution in [2.24, 2.45) is 4.99 Å². The molecule has 5 rings (SSSR count). The van der Waals surface area contributed by atoms with Crippen molar-refractivity contribution < 1.29 is 13.5 Å². The van der Waals surface area contributed by atoms with Crippen molar-refractivity contribution in [1.82, 2.24) is 9.80 Å². The highest BCUT2D eigenvalue weighted by Gasteiger charge is 2.51. The molecule has 29 heavy (non-hydrogen) atoms. The standard InChI is InChI=1S/C23H25F2N3O/c1-27-12-11-20(25)23(15-27)14-26-22(29-23)28-13-10-16-4-2-3-5-19(16)21(28)17-6-8-18(24)9-7-17/h2-9,20-21H,10-15H2,1H3/t20?,21-,23-/m0/s1. The summed E-state index contributed by atoms with van der Waals surface area (Å²) in [5.74, 6) is -0.261. The molecule has 3 atom stereocenters. The van der Waals surface area contributed by atoms with Gasteiger partial charge in [-0.3, -0.25) is 0 Å². The van der Waals surface area contributed by atoms with E-state index in [9.17, 15) is 8.78 Å². The van der Waals surface area contributed by atoms with Gasteiger partial charge in [0.15, 0.2) is 5.60 Å². The molecule has 3 heterocycles. The van der Waals surface area contributed by atoms with E-state index in [-0.39, 0.29) is 11.9 Å². The van der Waals surface area contributed by atoms with Crippen molar-refractivity contribution in [3.8, 4) is 0 Å². The molecule has 0 bridgehead atoms. The number of hydrogen-bond donors (Lipinski definition) is 0. The smallest absolute Gasteiger partial charge is 0.289 e. The predicted molar refractivity (Wildman–Crippen MR) is 108 cm³/mol. The highest BCUT2D eigenvalue weighted by atomic mass is 19.1. The van der Waals surface area contributed by atoms with Crippen LogP contribution in [0.4, 0.5) is 8.78 Å². The quantitative estimate of drug-likeness (QED) is 0.737. The fraction of sp³-hybridized carbons (Fsp3) is 0.435. The highest BCUT2D eigenvalue weighted by Crippen LogP contribution is 2.39. The summed E-state index contributed by atoms with van der Waals surface area (Å²) in [4.78, 5) is 8.89. The molecule has 0 aromatic heterocycles. The average molecular weight is 397 g/mol. The van der Waals surface area contributed by atoms with E-state index in [0.29, 0.717) is 25.5 Å². The molecule has 0 amide bonds. The van der Waals surface area contributed by atoms with Gasteiger partial charge in [-0.05, 0) is 48.7 Å². The molecule has 4 nitrogen and oxygen atoms in total. The molecule has 2 aromatic carbocycles. The average Bonchev–Trinajstić information content (AvgIpc) is 3.15. The van der Waals surface area contributed by atoms with Gasteiger partial charge in [-0.1, -0.05) is 36.4 Å². The minimum absolute atomic E-state index is 0.131. The van der Waals surface area contributed by atoms with E-state index >= 15 is 0 Å². The summed E-state index contributed by atoms with van der Waals surface area (Å²) < 4.78 is 34.7. The third-order valence-electron chi connectivity index (χ3n) is 6.36. The van der Waals surface area contributed by atoms with Gasteiger partial charge in [0.2, 0.25) is 0 Å². The van der Waals surface area contributed by atoms with E-state index in [0.717, 1.165) is 30.6 Å². The van der Waals surface area contributed by atoms with Crippen molar-refractivity contribution in [3.63, 3.8) is 0 Å². The van der Waals surface area contributed by atoms with Gasteiger partial charge in [0.1, 0.15) is 12.0 Å². The number of aliphatic imine (C=N–C) groups is 1. The number of rotatable bonds is 1. The Labute approximate surface area is 169 Å². The van der Waals surface area contributed by atoms with Crippen LogP contribution in [0.5, 0.6) is 0 Å². The number of alkyl halides is 1. The maximum absolute atomic E-state index is 14.9. The normalized spacial score (nSPS) is 29.5. The second-order valence-electron chi connectivity index (χ2n) is 8.36. The zero-order valence-corrected chi connectivity index (χ0v) is 16.5. The Bertz CT molecular complexity index is 932. The molecule has 152 valence electrons. The van der Waals surface area contributed by atoms with Crippen LogP contribution in [0.3, 0.4) is 0 Å². The van der Waals surface area contributed by atoms with Crippen molar-refractivity contribution in [3.05, 3.63) is 71.0 Å². The summed E-state index contributed by atoms with van der Waals surface area (Å²) in [6, 6.07) is 15.3. The highest BCUT2D eigenvalue weighted by molar-refractivity contribution is 5.78. The van der Waals surface area contributed by atoms with Crippen LogP contribution in [-0.2, 0) is 11.2 Å². The van der Waals surface area contributed by atoms with Gasteiger partial charge < -0.3 is 14.5 Å². The molecule has 0 radical (unpaired) electrons. The Morgan fingerprint density at radius 2 is 1.90 bits per heavy atom. The molecule has 2 aromatic rings. The van der Waals surface area contributed by atoms with Crippen LogP contribution in [0.1, 0.15) is 29.2 Å². The Kier molecular flexibility index (Phi) is 4.54. The van der Waals surface area contributed by atoms with Crippen molar-refractivity contribution in [2.75, 3.05) is 33.2 Å². The monoisotopic (exact) mass is 397 g/mol. The molecule has 1 fully saturated rings. The summed E-state index contributed by atoms with van der Waals surface area (Å²) in [5, 5.41) is 0. The van der Waals surface area contributed by atoms with Gasteiger partial charge in [-0.2, -0.15) is 0 Å². The maximum atomic E-state index is 14.9. The van der Waals surface area contributed by atoms with Crippen LogP contribution in [0, 0.1) is 5.82 Å². The molecular weight excluding hydrogens is 372 g/mol. The SMILES string of the molecule is CN1CCC(F)[C@]2(CN=C(N3CCc4ccccc4[C@@H]3c3ccc(F)cc3)O2)C1. The molecular formula is C23H25F2N3O. The van der Waals surface area contributed by atoms with Gasteiger partial charge >= 0.3 is 0 Å². The Morgan fingerprint density at radius 3 is 2.72 bits per heavy atom. The molecule has 6 heteroatoms. The minimum Gasteiger partial charge on any atom is -0.452 e. The van der Waals surface area contributed by atoms with Gasteiger partial charge in [0, 0.05) is 19.6 Å². The first-order chi connectivity index (χ1) is 14.1. The lowest BCUT2D eigenvalue weighted by atomic mass is 9.88. The Hall–Kier alpha value is -2.47. The first-order valence-corrected chi connectivity index (χ1v) is 10.2. The van der Waals surface area contributed by atoms with E-state index in [1.165, 1.54) is 17.7 Å². The number of hydrogen-bond acceptors (Lipinski definition) is 4. The number of ether oxygens (including phenoxy) is 1. The largest absolute Gasteiger partial charge is 0.452 e. The van der Waals surface area contributed by atoms with Crippen LogP contribution in [0.15, 0.2) is 53.5 Å². The van der Waals surface area contributed by atoms with E-state index in [2.05, 4.69) is 26.9 Å². The predicted octanol–water partition coefficient (Wildman–Crippen LogP) is 3.57. The molecule has 0 saturated carbocycles. The number of halogens is 2. The number of benzene rings is 2. The molecule has 3 aliphatic heterocycles. The minimum atomic E-state index is -1.03. The summed E-state index contributed by atoms with van der Waals surface area (Å²) in [7, 11) is 1.99. The van der Waals surface area contributed by atoms with Crippen molar-refractivity contribution in [2.45, 2.75) is 30.7 Å². The van der Waals surface area contributed by atoms with Crippen molar-refractivity contribution >= 4 is 6.02 Å². The molecule has 1 unspecified atom stereocenters. The third kappa shape index (κ3) is 3.19.